The van der Waals surface area contributed by atoms with E-state index in [2.05, 4.69) is 37.5 Å². The summed E-state index contributed by atoms with van der Waals surface area (Å²) in [7, 11) is 0. The van der Waals surface area contributed by atoms with Crippen molar-refractivity contribution in [1.82, 2.24) is 5.32 Å². The van der Waals surface area contributed by atoms with Crippen LogP contribution in [0.25, 0.3) is 0 Å². The zero-order valence-electron chi connectivity index (χ0n) is 12.5. The van der Waals surface area contributed by atoms with Gasteiger partial charge in [-0.1, -0.05) is 39.8 Å². The molecule has 2 N–H and O–H groups in total. The first-order chi connectivity index (χ1) is 9.04. The molecule has 3 heteroatoms. The van der Waals surface area contributed by atoms with Gasteiger partial charge in [-0.3, -0.25) is 4.79 Å². The van der Waals surface area contributed by atoms with Gasteiger partial charge in [-0.15, -0.1) is 0 Å². The van der Waals surface area contributed by atoms with E-state index in [1.54, 1.807) is 0 Å². The molecule has 1 aromatic carbocycles. The topological polar surface area (TPSA) is 41.1 Å². The SMILES string of the molecule is CCCNCc1cccc(NC(=O)C(C)C(C)C)c1. The van der Waals surface area contributed by atoms with Crippen molar-refractivity contribution in [3.63, 3.8) is 0 Å². The van der Waals surface area contributed by atoms with Crippen molar-refractivity contribution < 1.29 is 4.79 Å². The lowest BCUT2D eigenvalue weighted by Gasteiger charge is -2.15. The fourth-order valence-electron chi connectivity index (χ4n) is 1.73. The highest BCUT2D eigenvalue weighted by Crippen LogP contribution is 2.15. The number of hydrogen-bond acceptors (Lipinski definition) is 2. The van der Waals surface area contributed by atoms with Crippen molar-refractivity contribution in [3.05, 3.63) is 29.8 Å². The number of anilines is 1. The number of carbonyl (C=O) groups excluding carboxylic acids is 1. The van der Waals surface area contributed by atoms with Crippen LogP contribution in [-0.2, 0) is 11.3 Å². The summed E-state index contributed by atoms with van der Waals surface area (Å²) < 4.78 is 0. The molecular weight excluding hydrogens is 236 g/mol. The molecule has 0 saturated heterocycles. The summed E-state index contributed by atoms with van der Waals surface area (Å²) in [6.07, 6.45) is 1.13. The van der Waals surface area contributed by atoms with E-state index in [-0.39, 0.29) is 11.8 Å². The molecule has 0 aliphatic heterocycles. The van der Waals surface area contributed by atoms with Crippen molar-refractivity contribution in [3.8, 4) is 0 Å². The zero-order chi connectivity index (χ0) is 14.3. The fraction of sp³-hybridized carbons (Fsp3) is 0.562. The van der Waals surface area contributed by atoms with Crippen LogP contribution >= 0.6 is 0 Å². The highest BCUT2D eigenvalue weighted by atomic mass is 16.1. The Morgan fingerprint density at radius 1 is 1.26 bits per heavy atom. The van der Waals surface area contributed by atoms with Gasteiger partial charge in [-0.25, -0.2) is 0 Å². The summed E-state index contributed by atoms with van der Waals surface area (Å²) in [5, 5.41) is 6.35. The minimum atomic E-state index is 0.0295. The van der Waals surface area contributed by atoms with Crippen molar-refractivity contribution in [1.29, 1.82) is 0 Å². The number of benzene rings is 1. The Kier molecular flexibility index (Phi) is 6.57. The molecule has 106 valence electrons. The van der Waals surface area contributed by atoms with Gasteiger partial charge in [-0.2, -0.15) is 0 Å². The summed E-state index contributed by atoms with van der Waals surface area (Å²) in [5.41, 5.74) is 2.08. The largest absolute Gasteiger partial charge is 0.326 e. The first-order valence-corrected chi connectivity index (χ1v) is 7.15. The van der Waals surface area contributed by atoms with Crippen LogP contribution in [0.4, 0.5) is 5.69 Å². The van der Waals surface area contributed by atoms with E-state index in [0.717, 1.165) is 25.2 Å². The Labute approximate surface area is 116 Å². The summed E-state index contributed by atoms with van der Waals surface area (Å²) >= 11 is 0. The number of hydrogen-bond donors (Lipinski definition) is 2. The standard InChI is InChI=1S/C16H26N2O/c1-5-9-17-11-14-7-6-8-15(10-14)18-16(19)13(4)12(2)3/h6-8,10,12-13,17H,5,9,11H2,1-4H3,(H,18,19). The second kappa shape index (κ2) is 7.95. The van der Waals surface area contributed by atoms with Gasteiger partial charge in [0.05, 0.1) is 0 Å². The normalized spacial score (nSPS) is 12.5. The Morgan fingerprint density at radius 3 is 2.63 bits per heavy atom. The van der Waals surface area contributed by atoms with Crippen LogP contribution in [0.5, 0.6) is 0 Å². The van der Waals surface area contributed by atoms with Gasteiger partial charge in [0.25, 0.3) is 0 Å². The molecule has 3 nitrogen and oxygen atoms in total. The molecule has 1 amide bonds. The maximum absolute atomic E-state index is 12.0. The minimum absolute atomic E-state index is 0.0295. The Balaban J connectivity index is 2.59. The molecular formula is C16H26N2O. The predicted octanol–water partition coefficient (Wildman–Crippen LogP) is 3.42. The summed E-state index contributed by atoms with van der Waals surface area (Å²) in [6, 6.07) is 8.03. The zero-order valence-corrected chi connectivity index (χ0v) is 12.5. The molecule has 19 heavy (non-hydrogen) atoms. The van der Waals surface area contributed by atoms with Gasteiger partial charge in [-0.05, 0) is 36.6 Å². The third-order valence-electron chi connectivity index (χ3n) is 3.36. The molecule has 0 radical (unpaired) electrons. The van der Waals surface area contributed by atoms with E-state index in [1.807, 2.05) is 25.1 Å². The molecule has 0 fully saturated rings. The van der Waals surface area contributed by atoms with Crippen LogP contribution in [0.2, 0.25) is 0 Å². The number of carbonyl (C=O) groups is 1. The van der Waals surface area contributed by atoms with Gasteiger partial charge in [0, 0.05) is 18.2 Å². The summed E-state index contributed by atoms with van der Waals surface area (Å²) in [4.78, 5) is 12.0. The van der Waals surface area contributed by atoms with Crippen molar-refractivity contribution in [2.75, 3.05) is 11.9 Å². The lowest BCUT2D eigenvalue weighted by atomic mass is 9.97. The van der Waals surface area contributed by atoms with E-state index in [9.17, 15) is 4.79 Å². The lowest BCUT2D eigenvalue weighted by molar-refractivity contribution is -0.120. The maximum Gasteiger partial charge on any atom is 0.227 e. The first-order valence-electron chi connectivity index (χ1n) is 7.15. The average molecular weight is 262 g/mol. The minimum Gasteiger partial charge on any atom is -0.326 e. The number of rotatable bonds is 7. The van der Waals surface area contributed by atoms with Gasteiger partial charge >= 0.3 is 0 Å². The molecule has 0 heterocycles. The number of nitrogens with one attached hydrogen (secondary N) is 2. The Morgan fingerprint density at radius 2 is 2.00 bits per heavy atom. The lowest BCUT2D eigenvalue weighted by Crippen LogP contribution is -2.24. The van der Waals surface area contributed by atoms with E-state index in [1.165, 1.54) is 5.56 Å². The van der Waals surface area contributed by atoms with Gasteiger partial charge < -0.3 is 10.6 Å². The monoisotopic (exact) mass is 262 g/mol. The second-order valence-electron chi connectivity index (χ2n) is 5.40. The van der Waals surface area contributed by atoms with E-state index in [0.29, 0.717) is 5.92 Å². The van der Waals surface area contributed by atoms with E-state index < -0.39 is 0 Å². The molecule has 1 unspecified atom stereocenters. The fourth-order valence-corrected chi connectivity index (χ4v) is 1.73. The molecule has 1 rings (SSSR count). The smallest absolute Gasteiger partial charge is 0.227 e. The van der Waals surface area contributed by atoms with Crippen LogP contribution < -0.4 is 10.6 Å². The van der Waals surface area contributed by atoms with E-state index >= 15 is 0 Å². The van der Waals surface area contributed by atoms with Crippen LogP contribution in [-0.4, -0.2) is 12.5 Å². The second-order valence-corrected chi connectivity index (χ2v) is 5.40. The molecule has 0 bridgehead atoms. The highest BCUT2D eigenvalue weighted by molar-refractivity contribution is 5.92. The summed E-state index contributed by atoms with van der Waals surface area (Å²) in [5.74, 6) is 0.477. The Hall–Kier alpha value is -1.35. The summed E-state index contributed by atoms with van der Waals surface area (Å²) in [6.45, 7) is 10.1. The maximum atomic E-state index is 12.0. The van der Waals surface area contributed by atoms with Crippen LogP contribution in [0.15, 0.2) is 24.3 Å². The average Bonchev–Trinajstić information content (AvgIpc) is 2.38. The predicted molar refractivity (Wildman–Crippen MR) is 81.1 cm³/mol. The molecule has 0 saturated carbocycles. The molecule has 1 atom stereocenters. The highest BCUT2D eigenvalue weighted by Gasteiger charge is 2.16. The van der Waals surface area contributed by atoms with Crippen molar-refractivity contribution in [2.24, 2.45) is 11.8 Å². The third kappa shape index (κ3) is 5.43. The van der Waals surface area contributed by atoms with E-state index in [4.69, 9.17) is 0 Å². The molecule has 0 aromatic heterocycles. The van der Waals surface area contributed by atoms with Crippen LogP contribution in [0.3, 0.4) is 0 Å². The number of amides is 1. The first kappa shape index (κ1) is 15.7. The quantitative estimate of drug-likeness (QED) is 0.739. The molecule has 1 aromatic rings. The van der Waals surface area contributed by atoms with Crippen LogP contribution in [0, 0.1) is 11.8 Å². The third-order valence-corrected chi connectivity index (χ3v) is 3.36. The van der Waals surface area contributed by atoms with Crippen molar-refractivity contribution in [2.45, 2.75) is 40.7 Å². The van der Waals surface area contributed by atoms with Gasteiger partial charge in [0.15, 0.2) is 0 Å². The van der Waals surface area contributed by atoms with Crippen molar-refractivity contribution >= 4 is 11.6 Å². The van der Waals surface area contributed by atoms with Crippen LogP contribution in [0.1, 0.15) is 39.7 Å². The van der Waals surface area contributed by atoms with Gasteiger partial charge in [0.1, 0.15) is 0 Å². The molecule has 0 aliphatic rings. The Bertz CT molecular complexity index is 401. The van der Waals surface area contributed by atoms with Gasteiger partial charge in [0.2, 0.25) is 5.91 Å². The molecule has 0 spiro atoms. The molecule has 0 aliphatic carbocycles.